The number of aryl methyl sites for hydroxylation is 1. The van der Waals surface area contributed by atoms with Gasteiger partial charge in [-0.15, -0.1) is 0 Å². The number of hydrogen-bond donors (Lipinski definition) is 0. The summed E-state index contributed by atoms with van der Waals surface area (Å²) in [6.45, 7) is 12.7. The van der Waals surface area contributed by atoms with Gasteiger partial charge in [0.25, 0.3) is 8.32 Å². The van der Waals surface area contributed by atoms with Crippen LogP contribution in [0.15, 0.2) is 103 Å². The van der Waals surface area contributed by atoms with Crippen molar-refractivity contribution in [1.29, 1.82) is 0 Å². The standard InChI is InChI=1S/C33H44O2Si/c1-32(2,3)36(30-22-11-7-12-23-30,31-24-13-8-14-25-31)35-28-18-16-26-33(4,5)34-27-17-15-21-29-19-9-6-10-20-29/h6-14,16,19-20,22-26H,15,17-18,21,27-28H2,1-5H3/b26-16+. The van der Waals surface area contributed by atoms with Gasteiger partial charge < -0.3 is 9.16 Å². The van der Waals surface area contributed by atoms with E-state index in [2.05, 4.69) is 138 Å². The summed E-state index contributed by atoms with van der Waals surface area (Å²) in [7, 11) is -2.47. The van der Waals surface area contributed by atoms with Crippen molar-refractivity contribution >= 4 is 18.7 Å². The van der Waals surface area contributed by atoms with Crippen molar-refractivity contribution in [1.82, 2.24) is 0 Å². The lowest BCUT2D eigenvalue weighted by molar-refractivity contribution is 0.0174. The topological polar surface area (TPSA) is 18.5 Å². The lowest BCUT2D eigenvalue weighted by atomic mass is 10.1. The number of unbranched alkanes of at least 4 members (excludes halogenated alkanes) is 1. The lowest BCUT2D eigenvalue weighted by Gasteiger charge is -2.43. The van der Waals surface area contributed by atoms with Gasteiger partial charge in [-0.1, -0.05) is 124 Å². The van der Waals surface area contributed by atoms with E-state index in [1.165, 1.54) is 15.9 Å². The Morgan fingerprint density at radius 1 is 0.667 bits per heavy atom. The van der Waals surface area contributed by atoms with E-state index < -0.39 is 8.32 Å². The third-order valence-corrected chi connectivity index (χ3v) is 11.8. The van der Waals surface area contributed by atoms with E-state index >= 15 is 0 Å². The molecule has 0 spiro atoms. The fourth-order valence-electron chi connectivity index (χ4n) is 4.87. The Balaban J connectivity index is 1.56. The number of hydrogen-bond acceptors (Lipinski definition) is 2. The Bertz CT molecular complexity index is 998. The van der Waals surface area contributed by atoms with Crippen LogP contribution in [0.3, 0.4) is 0 Å². The van der Waals surface area contributed by atoms with Crippen molar-refractivity contribution in [2.75, 3.05) is 13.2 Å². The monoisotopic (exact) mass is 500 g/mol. The highest BCUT2D eigenvalue weighted by Crippen LogP contribution is 2.36. The molecule has 0 bridgehead atoms. The zero-order chi connectivity index (χ0) is 25.9. The highest BCUT2D eigenvalue weighted by molar-refractivity contribution is 6.99. The van der Waals surface area contributed by atoms with Crippen molar-refractivity contribution in [2.24, 2.45) is 0 Å². The van der Waals surface area contributed by atoms with Gasteiger partial charge in [0.15, 0.2) is 0 Å². The minimum atomic E-state index is -2.47. The molecule has 2 nitrogen and oxygen atoms in total. The van der Waals surface area contributed by atoms with Crippen molar-refractivity contribution in [2.45, 2.75) is 70.9 Å². The van der Waals surface area contributed by atoms with Crippen LogP contribution in [0, 0.1) is 0 Å². The van der Waals surface area contributed by atoms with Crippen LogP contribution >= 0.6 is 0 Å². The molecule has 0 unspecified atom stereocenters. The van der Waals surface area contributed by atoms with E-state index in [1.54, 1.807) is 0 Å². The van der Waals surface area contributed by atoms with Gasteiger partial charge in [-0.25, -0.2) is 0 Å². The molecule has 0 aliphatic carbocycles. The molecule has 0 atom stereocenters. The minimum Gasteiger partial charge on any atom is -0.407 e. The second-order valence-corrected chi connectivity index (χ2v) is 15.4. The zero-order valence-electron chi connectivity index (χ0n) is 22.9. The molecule has 0 fully saturated rings. The maximum atomic E-state index is 6.98. The van der Waals surface area contributed by atoms with E-state index in [4.69, 9.17) is 9.16 Å². The summed E-state index contributed by atoms with van der Waals surface area (Å²) in [6.07, 6.45) is 8.62. The summed E-state index contributed by atoms with van der Waals surface area (Å²) >= 11 is 0. The van der Waals surface area contributed by atoms with Gasteiger partial charge in [0, 0.05) is 13.2 Å². The van der Waals surface area contributed by atoms with Crippen molar-refractivity contribution in [3.8, 4) is 0 Å². The molecule has 36 heavy (non-hydrogen) atoms. The molecule has 0 aliphatic heterocycles. The smallest absolute Gasteiger partial charge is 0.261 e. The normalized spacial score (nSPS) is 12.8. The van der Waals surface area contributed by atoms with E-state index in [1.807, 2.05) is 0 Å². The molecule has 0 aromatic heterocycles. The van der Waals surface area contributed by atoms with Gasteiger partial charge in [-0.2, -0.15) is 0 Å². The summed E-state index contributed by atoms with van der Waals surface area (Å²) in [6, 6.07) is 32.4. The molecular weight excluding hydrogens is 456 g/mol. The van der Waals surface area contributed by atoms with Crippen molar-refractivity contribution < 1.29 is 9.16 Å². The van der Waals surface area contributed by atoms with Crippen molar-refractivity contribution in [3.05, 3.63) is 109 Å². The van der Waals surface area contributed by atoms with E-state index in [9.17, 15) is 0 Å². The van der Waals surface area contributed by atoms with Gasteiger partial charge in [-0.3, -0.25) is 0 Å². The fourth-order valence-corrected chi connectivity index (χ4v) is 9.45. The van der Waals surface area contributed by atoms with E-state index in [0.717, 1.165) is 32.3 Å². The Morgan fingerprint density at radius 3 is 1.72 bits per heavy atom. The average Bonchev–Trinajstić information content (AvgIpc) is 2.87. The molecule has 0 heterocycles. The fraction of sp³-hybridized carbons (Fsp3) is 0.394. The van der Waals surface area contributed by atoms with Crippen molar-refractivity contribution in [3.63, 3.8) is 0 Å². The number of benzene rings is 3. The first kappa shape index (κ1) is 28.1. The van der Waals surface area contributed by atoms with Crippen LogP contribution in [-0.2, 0) is 15.6 Å². The number of ether oxygens (including phenoxy) is 1. The van der Waals surface area contributed by atoms with Crippen LogP contribution in [0.5, 0.6) is 0 Å². The summed E-state index contributed by atoms with van der Waals surface area (Å²) in [4.78, 5) is 0. The van der Waals surface area contributed by atoms with Crippen LogP contribution < -0.4 is 10.4 Å². The third-order valence-electron chi connectivity index (χ3n) is 6.72. The maximum Gasteiger partial charge on any atom is 0.261 e. The summed E-state index contributed by atoms with van der Waals surface area (Å²) in [5.41, 5.74) is 1.13. The van der Waals surface area contributed by atoms with Crippen LogP contribution in [-0.4, -0.2) is 27.1 Å². The predicted octanol–water partition coefficient (Wildman–Crippen LogP) is 7.33. The molecule has 192 valence electrons. The zero-order valence-corrected chi connectivity index (χ0v) is 23.9. The molecule has 0 amide bonds. The molecule has 3 aromatic carbocycles. The van der Waals surface area contributed by atoms with Crippen LogP contribution in [0.4, 0.5) is 0 Å². The summed E-state index contributed by atoms with van der Waals surface area (Å²) in [5.74, 6) is 0. The minimum absolute atomic E-state index is 0.00154. The van der Waals surface area contributed by atoms with Gasteiger partial charge in [0.05, 0.1) is 5.60 Å². The Morgan fingerprint density at radius 2 is 1.19 bits per heavy atom. The van der Waals surface area contributed by atoms with Crippen LogP contribution in [0.2, 0.25) is 5.04 Å². The molecule has 0 aliphatic rings. The molecule has 3 aromatic rings. The van der Waals surface area contributed by atoms with E-state index in [0.29, 0.717) is 6.61 Å². The summed E-state index contributed by atoms with van der Waals surface area (Å²) in [5, 5.41) is 2.65. The van der Waals surface area contributed by atoms with Crippen LogP contribution in [0.1, 0.15) is 59.4 Å². The first-order valence-corrected chi connectivity index (χ1v) is 15.3. The molecular formula is C33H44O2Si. The summed E-state index contributed by atoms with van der Waals surface area (Å²) < 4.78 is 13.2. The van der Waals surface area contributed by atoms with Gasteiger partial charge in [-0.05, 0) is 60.5 Å². The largest absolute Gasteiger partial charge is 0.407 e. The molecule has 0 radical (unpaired) electrons. The highest BCUT2D eigenvalue weighted by Gasteiger charge is 2.49. The van der Waals surface area contributed by atoms with Gasteiger partial charge >= 0.3 is 0 Å². The predicted molar refractivity (Wildman–Crippen MR) is 157 cm³/mol. The molecule has 3 heteroatoms. The first-order valence-electron chi connectivity index (χ1n) is 13.4. The quantitative estimate of drug-likeness (QED) is 0.139. The lowest BCUT2D eigenvalue weighted by Crippen LogP contribution is -2.66. The Kier molecular flexibility index (Phi) is 10.3. The van der Waals surface area contributed by atoms with Gasteiger partial charge in [0.1, 0.15) is 0 Å². The average molecular weight is 501 g/mol. The maximum absolute atomic E-state index is 6.98. The number of rotatable bonds is 13. The third kappa shape index (κ3) is 7.77. The first-order chi connectivity index (χ1) is 17.2. The molecule has 0 N–H and O–H groups in total. The second-order valence-electron chi connectivity index (χ2n) is 11.1. The van der Waals surface area contributed by atoms with E-state index in [-0.39, 0.29) is 10.6 Å². The highest BCUT2D eigenvalue weighted by atomic mass is 28.4. The molecule has 0 saturated heterocycles. The molecule has 3 rings (SSSR count). The SMILES string of the molecule is CC(C)(/C=C/CCO[Si](c1ccccc1)(c1ccccc1)C(C)(C)C)OCCCCc1ccccc1. The second kappa shape index (κ2) is 13.2. The van der Waals surface area contributed by atoms with Crippen LogP contribution in [0.25, 0.3) is 0 Å². The Labute approximate surface area is 220 Å². The molecule has 0 saturated carbocycles. The van der Waals surface area contributed by atoms with Gasteiger partial charge in [0.2, 0.25) is 0 Å². The Hall–Kier alpha value is -2.46.